The first-order chi connectivity index (χ1) is 13.7. The summed E-state index contributed by atoms with van der Waals surface area (Å²) < 4.78 is 0. The van der Waals surface area contributed by atoms with Gasteiger partial charge in [-0.05, 0) is 12.8 Å². The second-order valence-corrected chi connectivity index (χ2v) is 14.3. The van der Waals surface area contributed by atoms with Crippen molar-refractivity contribution < 1.29 is 0 Å². The highest BCUT2D eigenvalue weighted by Crippen LogP contribution is 2.25. The Bertz CT molecular complexity index is 304. The van der Waals surface area contributed by atoms with E-state index in [2.05, 4.69) is 39.1 Å². The smallest absolute Gasteiger partial charge is 0.0743 e. The van der Waals surface area contributed by atoms with Crippen LogP contribution in [-0.2, 0) is 0 Å². The molecule has 0 aliphatic heterocycles. The van der Waals surface area contributed by atoms with E-state index in [0.717, 1.165) is 0 Å². The summed E-state index contributed by atoms with van der Waals surface area (Å²) in [5, 5.41) is 0. The molecule has 0 bridgehead atoms. The maximum atomic E-state index is 2.76. The predicted molar refractivity (Wildman–Crippen MR) is 135 cm³/mol. The summed E-state index contributed by atoms with van der Waals surface area (Å²) >= 11 is 0. The molecule has 0 aliphatic carbocycles. The lowest BCUT2D eigenvalue weighted by molar-refractivity contribution is 0.611. The van der Waals surface area contributed by atoms with Gasteiger partial charge in [-0.1, -0.05) is 160 Å². The van der Waals surface area contributed by atoms with Crippen LogP contribution in [0, 0.1) is 0 Å². The average molecular weight is 409 g/mol. The number of hydrogen-bond donors (Lipinski definition) is 0. The first kappa shape index (κ1) is 28.0. The molecule has 0 atom stereocenters. The fraction of sp³-hybridized carbons (Fsp3) is 0.926. The summed E-state index contributed by atoms with van der Waals surface area (Å²) in [5.74, 6) is 0. The van der Waals surface area contributed by atoms with Crippen molar-refractivity contribution in [1.82, 2.24) is 0 Å². The van der Waals surface area contributed by atoms with E-state index in [1.165, 1.54) is 122 Å². The SMILES string of the molecule is CCCCCCCCC=C[Si](C)(CCCCCCCC)CCCCCCCC. The van der Waals surface area contributed by atoms with E-state index >= 15 is 0 Å². The topological polar surface area (TPSA) is 0 Å². The van der Waals surface area contributed by atoms with Gasteiger partial charge in [-0.2, -0.15) is 0 Å². The first-order valence-corrected chi connectivity index (χ1v) is 16.4. The quantitative estimate of drug-likeness (QED) is 0.123. The minimum Gasteiger partial charge on any atom is -0.0984 e. The van der Waals surface area contributed by atoms with Gasteiger partial charge in [0, 0.05) is 0 Å². The van der Waals surface area contributed by atoms with Crippen molar-refractivity contribution >= 4 is 8.07 Å². The molecule has 0 N–H and O–H groups in total. The Morgan fingerprint density at radius 3 is 1.25 bits per heavy atom. The van der Waals surface area contributed by atoms with Crippen molar-refractivity contribution in [2.75, 3.05) is 0 Å². The van der Waals surface area contributed by atoms with Gasteiger partial charge in [-0.3, -0.25) is 0 Å². The van der Waals surface area contributed by atoms with Gasteiger partial charge in [0.1, 0.15) is 0 Å². The standard InChI is InChI=1S/C27H56Si/c1-5-8-11-14-17-18-21-24-27-28(4,25-22-19-15-12-9-6-2)26-23-20-16-13-10-7-3/h24,27H,5-23,25-26H2,1-4H3. The molecule has 0 radical (unpaired) electrons. The Morgan fingerprint density at radius 1 is 0.464 bits per heavy atom. The summed E-state index contributed by atoms with van der Waals surface area (Å²) in [5.41, 5.74) is 2.76. The lowest BCUT2D eigenvalue weighted by Crippen LogP contribution is -2.27. The van der Waals surface area contributed by atoms with Crippen LogP contribution in [0.3, 0.4) is 0 Å². The third-order valence-corrected chi connectivity index (χ3v) is 10.5. The van der Waals surface area contributed by atoms with Crippen molar-refractivity contribution in [2.24, 2.45) is 0 Å². The molecular weight excluding hydrogens is 352 g/mol. The first-order valence-electron chi connectivity index (χ1n) is 13.4. The summed E-state index contributed by atoms with van der Waals surface area (Å²) in [6, 6.07) is 3.09. The van der Waals surface area contributed by atoms with Gasteiger partial charge >= 0.3 is 0 Å². The summed E-state index contributed by atoms with van der Waals surface area (Å²) in [6.07, 6.45) is 29.9. The lowest BCUT2D eigenvalue weighted by Gasteiger charge is -2.24. The summed E-state index contributed by atoms with van der Waals surface area (Å²) in [6.45, 7) is 9.63. The molecule has 0 heterocycles. The van der Waals surface area contributed by atoms with Gasteiger partial charge in [0.15, 0.2) is 0 Å². The van der Waals surface area contributed by atoms with Crippen LogP contribution in [0.2, 0.25) is 18.6 Å². The molecular formula is C27H56Si. The van der Waals surface area contributed by atoms with Crippen molar-refractivity contribution in [3.05, 3.63) is 11.8 Å². The summed E-state index contributed by atoms with van der Waals surface area (Å²) in [7, 11) is -1.15. The second-order valence-electron chi connectivity index (χ2n) is 9.65. The zero-order valence-electron chi connectivity index (χ0n) is 20.5. The van der Waals surface area contributed by atoms with Crippen LogP contribution in [0.5, 0.6) is 0 Å². The van der Waals surface area contributed by atoms with Gasteiger partial charge in [0.05, 0.1) is 8.07 Å². The fourth-order valence-corrected chi connectivity index (χ4v) is 7.75. The molecule has 0 aliphatic rings. The molecule has 0 aromatic rings. The van der Waals surface area contributed by atoms with E-state index in [0.29, 0.717) is 0 Å². The fourth-order valence-electron chi connectivity index (χ4n) is 4.32. The van der Waals surface area contributed by atoms with E-state index in [-0.39, 0.29) is 0 Å². The monoisotopic (exact) mass is 408 g/mol. The van der Waals surface area contributed by atoms with Gasteiger partial charge in [-0.25, -0.2) is 0 Å². The minimum atomic E-state index is -1.15. The molecule has 0 unspecified atom stereocenters. The molecule has 28 heavy (non-hydrogen) atoms. The maximum Gasteiger partial charge on any atom is 0.0743 e. The molecule has 0 amide bonds. The Hall–Kier alpha value is -0.0431. The van der Waals surface area contributed by atoms with Gasteiger partial charge in [-0.15, -0.1) is 0 Å². The van der Waals surface area contributed by atoms with Gasteiger partial charge < -0.3 is 0 Å². The third kappa shape index (κ3) is 19.3. The third-order valence-electron chi connectivity index (χ3n) is 6.45. The molecule has 0 saturated carbocycles. The number of rotatable bonds is 22. The van der Waals surface area contributed by atoms with E-state index in [4.69, 9.17) is 0 Å². The second kappa shape index (κ2) is 21.7. The molecule has 0 aromatic carbocycles. The molecule has 0 saturated heterocycles. The molecule has 0 fully saturated rings. The Kier molecular flexibility index (Phi) is 21.6. The maximum absolute atomic E-state index is 2.76. The highest BCUT2D eigenvalue weighted by molar-refractivity contribution is 6.83. The number of hydrogen-bond acceptors (Lipinski definition) is 0. The number of unbranched alkanes of at least 4 members (excludes halogenated alkanes) is 16. The predicted octanol–water partition coefficient (Wildman–Crippen LogP) is 10.6. The lowest BCUT2D eigenvalue weighted by atomic mass is 10.1. The zero-order chi connectivity index (χ0) is 20.8. The minimum absolute atomic E-state index is 1.15. The van der Waals surface area contributed by atoms with Crippen LogP contribution in [0.4, 0.5) is 0 Å². The molecule has 0 aromatic heterocycles. The highest BCUT2D eigenvalue weighted by atomic mass is 28.3. The molecule has 0 rings (SSSR count). The van der Waals surface area contributed by atoms with Gasteiger partial charge in [0.2, 0.25) is 0 Å². The Balaban J connectivity index is 4.15. The van der Waals surface area contributed by atoms with Crippen LogP contribution < -0.4 is 0 Å². The van der Waals surface area contributed by atoms with Crippen molar-refractivity contribution in [3.63, 3.8) is 0 Å². The number of allylic oxidation sites excluding steroid dienone is 1. The Morgan fingerprint density at radius 2 is 0.821 bits per heavy atom. The molecule has 0 nitrogen and oxygen atoms in total. The van der Waals surface area contributed by atoms with E-state index < -0.39 is 8.07 Å². The van der Waals surface area contributed by atoms with E-state index in [1.807, 2.05) is 0 Å². The van der Waals surface area contributed by atoms with Crippen LogP contribution in [0.1, 0.15) is 143 Å². The molecule has 0 spiro atoms. The van der Waals surface area contributed by atoms with Crippen LogP contribution in [0.25, 0.3) is 0 Å². The van der Waals surface area contributed by atoms with E-state index in [1.54, 1.807) is 12.1 Å². The highest BCUT2D eigenvalue weighted by Gasteiger charge is 2.22. The normalized spacial score (nSPS) is 12.3. The van der Waals surface area contributed by atoms with Gasteiger partial charge in [0.25, 0.3) is 0 Å². The molecule has 168 valence electrons. The zero-order valence-corrected chi connectivity index (χ0v) is 21.5. The average Bonchev–Trinajstić information content (AvgIpc) is 2.69. The van der Waals surface area contributed by atoms with Crippen molar-refractivity contribution in [2.45, 2.75) is 161 Å². The largest absolute Gasteiger partial charge is 0.0984 e. The van der Waals surface area contributed by atoms with E-state index in [9.17, 15) is 0 Å². The van der Waals surface area contributed by atoms with Crippen LogP contribution in [-0.4, -0.2) is 8.07 Å². The van der Waals surface area contributed by atoms with Crippen molar-refractivity contribution in [1.29, 1.82) is 0 Å². The van der Waals surface area contributed by atoms with Crippen LogP contribution >= 0.6 is 0 Å². The summed E-state index contributed by atoms with van der Waals surface area (Å²) in [4.78, 5) is 0. The Labute approximate surface area is 181 Å². The van der Waals surface area contributed by atoms with Crippen LogP contribution in [0.15, 0.2) is 11.8 Å². The van der Waals surface area contributed by atoms with Crippen molar-refractivity contribution in [3.8, 4) is 0 Å². The molecule has 1 heteroatoms.